The van der Waals surface area contributed by atoms with Gasteiger partial charge in [-0.15, -0.1) is 0 Å². The van der Waals surface area contributed by atoms with Crippen LogP contribution in [0.1, 0.15) is 69.6 Å². The van der Waals surface area contributed by atoms with E-state index in [1.165, 1.54) is 29.5 Å². The molecule has 3 heteroatoms. The van der Waals surface area contributed by atoms with Gasteiger partial charge in [0, 0.05) is 5.69 Å². The van der Waals surface area contributed by atoms with Crippen molar-refractivity contribution in [3.8, 4) is 0 Å². The largest absolute Gasteiger partial charge is 0.444 e. The minimum Gasteiger partial charge on any atom is -0.444 e. The van der Waals surface area contributed by atoms with Crippen molar-refractivity contribution in [3.63, 3.8) is 0 Å². The average molecular weight is 344 g/mol. The van der Waals surface area contributed by atoms with Crippen molar-refractivity contribution in [1.82, 2.24) is 0 Å². The van der Waals surface area contributed by atoms with Crippen molar-refractivity contribution in [2.24, 2.45) is 17.8 Å². The Bertz CT molecular complexity index is 630. The lowest BCUT2D eigenvalue weighted by atomic mass is 9.66. The van der Waals surface area contributed by atoms with Gasteiger partial charge in [0.05, 0.1) is 6.54 Å². The van der Waals surface area contributed by atoms with Crippen LogP contribution in [-0.4, -0.2) is 18.7 Å². The summed E-state index contributed by atoms with van der Waals surface area (Å²) in [7, 11) is 0. The highest BCUT2D eigenvalue weighted by Crippen LogP contribution is 2.46. The molecular weight excluding hydrogens is 310 g/mol. The monoisotopic (exact) mass is 343 g/mol. The summed E-state index contributed by atoms with van der Waals surface area (Å²) in [6, 6.07) is 4.39. The van der Waals surface area contributed by atoms with Crippen LogP contribution < -0.4 is 4.90 Å². The van der Waals surface area contributed by atoms with E-state index >= 15 is 0 Å². The van der Waals surface area contributed by atoms with E-state index in [9.17, 15) is 4.79 Å². The third-order valence-electron chi connectivity index (χ3n) is 6.55. The Labute approximate surface area is 152 Å². The van der Waals surface area contributed by atoms with E-state index in [4.69, 9.17) is 4.74 Å². The molecule has 138 valence electrons. The fourth-order valence-electron chi connectivity index (χ4n) is 5.01. The summed E-state index contributed by atoms with van der Waals surface area (Å²) < 4.78 is 5.44. The minimum absolute atomic E-state index is 0.0212. The Morgan fingerprint density at radius 3 is 2.32 bits per heavy atom. The second-order valence-corrected chi connectivity index (χ2v) is 8.54. The van der Waals surface area contributed by atoms with Gasteiger partial charge in [0.15, 0.2) is 0 Å². The van der Waals surface area contributed by atoms with Crippen molar-refractivity contribution in [2.75, 3.05) is 11.4 Å². The van der Waals surface area contributed by atoms with Crippen LogP contribution in [0.25, 0.3) is 0 Å². The van der Waals surface area contributed by atoms with Crippen molar-refractivity contribution in [1.29, 1.82) is 0 Å². The van der Waals surface area contributed by atoms with Gasteiger partial charge in [-0.05, 0) is 85.6 Å². The molecule has 0 aromatic heterocycles. The molecule has 0 bridgehead atoms. The van der Waals surface area contributed by atoms with E-state index in [1.54, 1.807) is 4.90 Å². The second kappa shape index (κ2) is 7.01. The molecule has 0 radical (unpaired) electrons. The van der Waals surface area contributed by atoms with E-state index in [2.05, 4.69) is 53.7 Å². The van der Waals surface area contributed by atoms with Crippen LogP contribution in [0.15, 0.2) is 12.1 Å². The van der Waals surface area contributed by atoms with Gasteiger partial charge >= 0.3 is 6.09 Å². The lowest BCUT2D eigenvalue weighted by Crippen LogP contribution is -2.28. The molecule has 1 aromatic rings. The molecule has 1 aromatic carbocycles. The number of carbonyl (C=O) groups is 1. The van der Waals surface area contributed by atoms with Crippen LogP contribution in [0, 0.1) is 31.6 Å². The quantitative estimate of drug-likeness (QED) is 0.691. The predicted molar refractivity (Wildman–Crippen MR) is 103 cm³/mol. The molecule has 0 spiro atoms. The van der Waals surface area contributed by atoms with Crippen LogP contribution in [0.5, 0.6) is 0 Å². The summed E-state index contributed by atoms with van der Waals surface area (Å²) in [5.41, 5.74) is 5.14. The third-order valence-corrected chi connectivity index (χ3v) is 6.55. The fraction of sp³-hybridized carbons (Fsp3) is 0.682. The fourth-order valence-corrected chi connectivity index (χ4v) is 5.01. The first-order chi connectivity index (χ1) is 11.8. The first-order valence-electron chi connectivity index (χ1n) is 9.91. The van der Waals surface area contributed by atoms with Crippen molar-refractivity contribution >= 4 is 11.8 Å². The molecular formula is C22H33NO2. The van der Waals surface area contributed by atoms with Gasteiger partial charge in [-0.2, -0.15) is 0 Å². The summed E-state index contributed by atoms with van der Waals surface area (Å²) in [6.45, 7) is 14.4. The number of carbonyl (C=O) groups excluding carboxylic acids is 1. The molecule has 3 nitrogen and oxygen atoms in total. The Hall–Kier alpha value is -1.51. The number of aryl methyl sites for hydroxylation is 2. The van der Waals surface area contributed by atoms with Gasteiger partial charge < -0.3 is 4.74 Å². The molecule has 1 amide bonds. The van der Waals surface area contributed by atoms with Gasteiger partial charge in [-0.3, -0.25) is 4.90 Å². The first-order valence-corrected chi connectivity index (χ1v) is 9.91. The minimum atomic E-state index is -0.202. The summed E-state index contributed by atoms with van der Waals surface area (Å²) >= 11 is 0. The maximum atomic E-state index is 12.2. The lowest BCUT2D eigenvalue weighted by Gasteiger charge is -2.39. The Kier molecular flexibility index (Phi) is 5.13. The van der Waals surface area contributed by atoms with E-state index in [-0.39, 0.29) is 12.2 Å². The number of amides is 1. The lowest BCUT2D eigenvalue weighted by molar-refractivity contribution is 0.139. The number of ether oxygens (including phenoxy) is 1. The molecule has 1 aliphatic heterocycles. The number of hydrogen-bond donors (Lipinski definition) is 0. The van der Waals surface area contributed by atoms with Crippen molar-refractivity contribution < 1.29 is 9.53 Å². The maximum absolute atomic E-state index is 12.2. The van der Waals surface area contributed by atoms with Gasteiger partial charge in [0.1, 0.15) is 6.10 Å². The van der Waals surface area contributed by atoms with Crippen molar-refractivity contribution in [2.45, 2.75) is 72.8 Å². The van der Waals surface area contributed by atoms with Crippen LogP contribution in [0.2, 0.25) is 0 Å². The maximum Gasteiger partial charge on any atom is 0.414 e. The second-order valence-electron chi connectivity index (χ2n) is 8.54. The van der Waals surface area contributed by atoms with Gasteiger partial charge in [0.25, 0.3) is 0 Å². The number of cyclic esters (lactones) is 1. The molecule has 1 saturated carbocycles. The van der Waals surface area contributed by atoms with Gasteiger partial charge in [-0.25, -0.2) is 4.79 Å². The summed E-state index contributed by atoms with van der Waals surface area (Å²) in [5.74, 6) is 2.89. The van der Waals surface area contributed by atoms with E-state index in [0.717, 1.165) is 23.9 Å². The molecule has 1 heterocycles. The highest BCUT2D eigenvalue weighted by molar-refractivity contribution is 5.90. The number of benzene rings is 1. The van der Waals surface area contributed by atoms with Crippen LogP contribution in [0.4, 0.5) is 10.5 Å². The highest BCUT2D eigenvalue weighted by Gasteiger charge is 2.35. The number of anilines is 1. The summed E-state index contributed by atoms with van der Waals surface area (Å²) in [4.78, 5) is 14.0. The molecule has 25 heavy (non-hydrogen) atoms. The van der Waals surface area contributed by atoms with Crippen LogP contribution in [0.3, 0.4) is 0 Å². The average Bonchev–Trinajstić information content (AvgIpc) is 2.92. The number of rotatable bonds is 3. The molecule has 5 unspecified atom stereocenters. The van der Waals surface area contributed by atoms with Crippen LogP contribution >= 0.6 is 0 Å². The summed E-state index contributed by atoms with van der Waals surface area (Å²) in [6.07, 6.45) is 3.30. The predicted octanol–water partition coefficient (Wildman–Crippen LogP) is 5.82. The Morgan fingerprint density at radius 2 is 1.76 bits per heavy atom. The van der Waals surface area contributed by atoms with E-state index in [0.29, 0.717) is 18.4 Å². The van der Waals surface area contributed by atoms with Gasteiger partial charge in [-0.1, -0.05) is 27.7 Å². The third kappa shape index (κ3) is 3.43. The SMILES string of the molecule is CCC1CN(c2cc(C)c(C3CC(C)CC(C)C3C)c(C)c2)C(=O)O1. The van der Waals surface area contributed by atoms with Gasteiger partial charge in [0.2, 0.25) is 0 Å². The topological polar surface area (TPSA) is 29.5 Å². The molecule has 1 saturated heterocycles. The summed E-state index contributed by atoms with van der Waals surface area (Å²) in [5, 5.41) is 0. The van der Waals surface area contributed by atoms with Crippen molar-refractivity contribution in [3.05, 3.63) is 28.8 Å². The molecule has 5 atom stereocenters. The van der Waals surface area contributed by atoms with E-state index < -0.39 is 0 Å². The molecule has 2 aliphatic rings. The normalized spacial score (nSPS) is 32.8. The molecule has 3 rings (SSSR count). The first kappa shape index (κ1) is 18.3. The smallest absolute Gasteiger partial charge is 0.414 e. The molecule has 2 fully saturated rings. The number of hydrogen-bond acceptors (Lipinski definition) is 2. The zero-order valence-electron chi connectivity index (χ0n) is 16.6. The molecule has 1 aliphatic carbocycles. The van der Waals surface area contributed by atoms with E-state index in [1.807, 2.05) is 0 Å². The standard InChI is InChI=1S/C22H33NO2/c1-7-19-12-23(22(24)25-19)18-10-15(4)21(16(5)11-18)20-9-13(2)8-14(3)17(20)6/h10-11,13-14,17,19-20H,7-9,12H2,1-6H3. The zero-order valence-corrected chi connectivity index (χ0v) is 16.6. The Morgan fingerprint density at radius 1 is 1.12 bits per heavy atom. The zero-order chi connectivity index (χ0) is 18.3. The number of nitrogens with zero attached hydrogens (tertiary/aromatic N) is 1. The highest BCUT2D eigenvalue weighted by atomic mass is 16.6. The Balaban J connectivity index is 1.92. The molecule has 0 N–H and O–H groups in total. The van der Waals surface area contributed by atoms with Crippen LogP contribution in [-0.2, 0) is 4.74 Å².